The van der Waals surface area contributed by atoms with Crippen LogP contribution in [0.25, 0.3) is 0 Å². The van der Waals surface area contributed by atoms with Crippen LogP contribution in [-0.2, 0) is 6.54 Å². The molecule has 2 rings (SSSR count). The van der Waals surface area contributed by atoms with Crippen LogP contribution in [-0.4, -0.2) is 29.1 Å². The lowest BCUT2D eigenvalue weighted by Crippen LogP contribution is -2.33. The molecule has 1 unspecified atom stereocenters. The topological polar surface area (TPSA) is 49.8 Å². The first kappa shape index (κ1) is 10.8. The van der Waals surface area contributed by atoms with Crippen molar-refractivity contribution in [2.45, 2.75) is 25.4 Å². The molecule has 1 aliphatic rings. The second-order valence-corrected chi connectivity index (χ2v) is 4.08. The summed E-state index contributed by atoms with van der Waals surface area (Å²) in [6.07, 6.45) is 4.23. The molecule has 1 aromatic heterocycles. The Morgan fingerprint density at radius 3 is 3.27 bits per heavy atom. The molecule has 2 heterocycles. The smallest absolute Gasteiger partial charge is 0.222 e. The van der Waals surface area contributed by atoms with Crippen molar-refractivity contribution in [1.29, 1.82) is 0 Å². The van der Waals surface area contributed by atoms with Gasteiger partial charge < -0.3 is 10.6 Å². The number of nitrogens with one attached hydrogen (secondary N) is 2. The van der Waals surface area contributed by atoms with Crippen LogP contribution in [0.3, 0.4) is 0 Å². The fourth-order valence-corrected chi connectivity index (χ4v) is 1.94. The zero-order chi connectivity index (χ0) is 10.5. The Hall–Kier alpha value is -0.710. The Kier molecular flexibility index (Phi) is 3.88. The van der Waals surface area contributed by atoms with Gasteiger partial charge in [-0.1, -0.05) is 0 Å². The minimum absolute atomic E-state index is 0.313. The largest absolute Gasteiger partial charge is 0.313 e. The minimum Gasteiger partial charge on any atom is -0.313 e. The van der Waals surface area contributed by atoms with E-state index in [9.17, 15) is 0 Å². The quantitative estimate of drug-likeness (QED) is 0.752. The zero-order valence-electron chi connectivity index (χ0n) is 8.54. The van der Waals surface area contributed by atoms with Crippen molar-refractivity contribution in [3.05, 3.63) is 23.2 Å². The van der Waals surface area contributed by atoms with Gasteiger partial charge in [-0.3, -0.25) is 0 Å². The monoisotopic (exact) mass is 226 g/mol. The molecule has 0 aliphatic carbocycles. The van der Waals surface area contributed by atoms with Crippen molar-refractivity contribution < 1.29 is 0 Å². The van der Waals surface area contributed by atoms with Gasteiger partial charge in [-0.2, -0.15) is 0 Å². The molecule has 5 heteroatoms. The SMILES string of the molecule is Clc1nccc(CNCC2CCCN2)n1. The molecule has 0 amide bonds. The first-order chi connectivity index (χ1) is 7.34. The molecule has 15 heavy (non-hydrogen) atoms. The standard InChI is InChI=1S/C10H15ClN4/c11-10-14-5-3-9(15-10)7-12-6-8-2-1-4-13-8/h3,5,8,12-13H,1-2,4,6-7H2. The maximum atomic E-state index is 5.69. The van der Waals surface area contributed by atoms with E-state index in [-0.39, 0.29) is 0 Å². The van der Waals surface area contributed by atoms with Crippen molar-refractivity contribution in [3.8, 4) is 0 Å². The molecule has 1 saturated heterocycles. The van der Waals surface area contributed by atoms with E-state index < -0.39 is 0 Å². The predicted molar refractivity (Wildman–Crippen MR) is 59.8 cm³/mol. The summed E-state index contributed by atoms with van der Waals surface area (Å²) in [6, 6.07) is 2.49. The number of aromatic nitrogens is 2. The van der Waals surface area contributed by atoms with Crippen molar-refractivity contribution >= 4 is 11.6 Å². The van der Waals surface area contributed by atoms with E-state index in [1.54, 1.807) is 6.20 Å². The number of rotatable bonds is 4. The second-order valence-electron chi connectivity index (χ2n) is 3.74. The summed E-state index contributed by atoms with van der Waals surface area (Å²) >= 11 is 5.69. The summed E-state index contributed by atoms with van der Waals surface area (Å²) in [5, 5.41) is 7.11. The molecule has 1 aromatic rings. The normalized spacial score (nSPS) is 20.7. The fourth-order valence-electron chi connectivity index (χ4n) is 1.77. The molecule has 1 aliphatic heterocycles. The third-order valence-corrected chi connectivity index (χ3v) is 2.73. The van der Waals surface area contributed by atoms with Crippen LogP contribution >= 0.6 is 11.6 Å². The molecule has 0 bridgehead atoms. The number of halogens is 1. The van der Waals surface area contributed by atoms with Gasteiger partial charge >= 0.3 is 0 Å². The van der Waals surface area contributed by atoms with Gasteiger partial charge in [0.1, 0.15) is 0 Å². The van der Waals surface area contributed by atoms with Gasteiger partial charge in [0.2, 0.25) is 5.28 Å². The van der Waals surface area contributed by atoms with E-state index in [1.165, 1.54) is 12.8 Å². The van der Waals surface area contributed by atoms with Crippen molar-refractivity contribution in [2.75, 3.05) is 13.1 Å². The molecular weight excluding hydrogens is 212 g/mol. The minimum atomic E-state index is 0.313. The predicted octanol–water partition coefficient (Wildman–Crippen LogP) is 0.972. The third kappa shape index (κ3) is 3.41. The first-order valence-corrected chi connectivity index (χ1v) is 5.64. The highest BCUT2D eigenvalue weighted by molar-refractivity contribution is 6.28. The Morgan fingerprint density at radius 1 is 1.60 bits per heavy atom. The second kappa shape index (κ2) is 5.39. The molecule has 1 atom stereocenters. The van der Waals surface area contributed by atoms with Gasteiger partial charge in [0.25, 0.3) is 0 Å². The van der Waals surface area contributed by atoms with E-state index >= 15 is 0 Å². The maximum Gasteiger partial charge on any atom is 0.222 e. The van der Waals surface area contributed by atoms with E-state index in [2.05, 4.69) is 20.6 Å². The third-order valence-electron chi connectivity index (χ3n) is 2.54. The van der Waals surface area contributed by atoms with Gasteiger partial charge in [-0.05, 0) is 37.1 Å². The maximum absolute atomic E-state index is 5.69. The summed E-state index contributed by atoms with van der Waals surface area (Å²) in [5.74, 6) is 0. The highest BCUT2D eigenvalue weighted by Gasteiger charge is 2.12. The van der Waals surface area contributed by atoms with Gasteiger partial charge in [-0.25, -0.2) is 9.97 Å². The van der Waals surface area contributed by atoms with Crippen LogP contribution < -0.4 is 10.6 Å². The Balaban J connectivity index is 1.73. The summed E-state index contributed by atoms with van der Waals surface area (Å²) in [7, 11) is 0. The Bertz CT molecular complexity index is 312. The lowest BCUT2D eigenvalue weighted by molar-refractivity contribution is 0.532. The van der Waals surface area contributed by atoms with Crippen LogP contribution in [0.15, 0.2) is 12.3 Å². The molecule has 0 spiro atoms. The molecule has 4 nitrogen and oxygen atoms in total. The lowest BCUT2D eigenvalue weighted by atomic mass is 10.2. The summed E-state index contributed by atoms with van der Waals surface area (Å²) in [4.78, 5) is 7.95. The van der Waals surface area contributed by atoms with Crippen LogP contribution in [0, 0.1) is 0 Å². The van der Waals surface area contributed by atoms with Crippen molar-refractivity contribution in [3.63, 3.8) is 0 Å². The molecule has 2 N–H and O–H groups in total. The number of hydrogen-bond acceptors (Lipinski definition) is 4. The van der Waals surface area contributed by atoms with E-state index in [4.69, 9.17) is 11.6 Å². The molecule has 82 valence electrons. The van der Waals surface area contributed by atoms with Crippen molar-refractivity contribution in [2.24, 2.45) is 0 Å². The molecule has 1 fully saturated rings. The summed E-state index contributed by atoms with van der Waals surface area (Å²) in [5.41, 5.74) is 0.938. The van der Waals surface area contributed by atoms with Gasteiger partial charge in [0.05, 0.1) is 5.69 Å². The summed E-state index contributed by atoms with van der Waals surface area (Å²) in [6.45, 7) is 2.88. The van der Waals surface area contributed by atoms with Crippen LogP contribution in [0.1, 0.15) is 18.5 Å². The van der Waals surface area contributed by atoms with Crippen LogP contribution in [0.2, 0.25) is 5.28 Å². The molecular formula is C10H15ClN4. The highest BCUT2D eigenvalue weighted by atomic mass is 35.5. The lowest BCUT2D eigenvalue weighted by Gasteiger charge is -2.10. The summed E-state index contributed by atoms with van der Waals surface area (Å²) < 4.78 is 0. The highest BCUT2D eigenvalue weighted by Crippen LogP contribution is 2.04. The number of nitrogens with zero attached hydrogens (tertiary/aromatic N) is 2. The Labute approximate surface area is 94.5 Å². The number of hydrogen-bond donors (Lipinski definition) is 2. The van der Waals surface area contributed by atoms with Gasteiger partial charge in [0.15, 0.2) is 0 Å². The van der Waals surface area contributed by atoms with E-state index in [0.29, 0.717) is 11.3 Å². The average Bonchev–Trinajstić information content (AvgIpc) is 2.71. The first-order valence-electron chi connectivity index (χ1n) is 5.26. The van der Waals surface area contributed by atoms with Crippen LogP contribution in [0.4, 0.5) is 0 Å². The van der Waals surface area contributed by atoms with E-state index in [1.807, 2.05) is 6.07 Å². The molecule has 0 aromatic carbocycles. The fraction of sp³-hybridized carbons (Fsp3) is 0.600. The van der Waals surface area contributed by atoms with Crippen LogP contribution in [0.5, 0.6) is 0 Å². The van der Waals surface area contributed by atoms with Gasteiger partial charge in [-0.15, -0.1) is 0 Å². The Morgan fingerprint density at radius 2 is 2.53 bits per heavy atom. The van der Waals surface area contributed by atoms with E-state index in [0.717, 1.165) is 25.3 Å². The van der Waals surface area contributed by atoms with Gasteiger partial charge in [0, 0.05) is 25.3 Å². The zero-order valence-corrected chi connectivity index (χ0v) is 9.30. The average molecular weight is 227 g/mol. The van der Waals surface area contributed by atoms with Crippen molar-refractivity contribution in [1.82, 2.24) is 20.6 Å². The molecule has 0 saturated carbocycles. The molecule has 0 radical (unpaired) electrons.